The number of hydrogen-bond donors (Lipinski definition) is 1. The normalized spacial score (nSPS) is 10.3. The van der Waals surface area contributed by atoms with Crippen molar-refractivity contribution in [1.82, 2.24) is 4.98 Å². The van der Waals surface area contributed by atoms with Crippen molar-refractivity contribution in [2.75, 3.05) is 5.32 Å². The average Bonchev–Trinajstić information content (AvgIpc) is 2.36. The van der Waals surface area contributed by atoms with Gasteiger partial charge in [-0.25, -0.2) is 4.98 Å². The Morgan fingerprint density at radius 1 is 1.16 bits per heavy atom. The maximum absolute atomic E-state index is 12.3. The monoisotopic (exact) mass is 274 g/mol. The van der Waals surface area contributed by atoms with Crippen LogP contribution in [0.1, 0.15) is 27.0 Å². The number of nitrogens with one attached hydrogen (secondary N) is 1. The van der Waals surface area contributed by atoms with Crippen molar-refractivity contribution in [3.8, 4) is 0 Å². The number of nitrogens with zero attached hydrogens (tertiary/aromatic N) is 1. The van der Waals surface area contributed by atoms with Gasteiger partial charge in [0.2, 0.25) is 0 Å². The molecule has 0 spiro atoms. The number of anilines is 1. The molecule has 0 bridgehead atoms. The fourth-order valence-electron chi connectivity index (χ4n) is 1.81. The number of hydrogen-bond acceptors (Lipinski definition) is 2. The van der Waals surface area contributed by atoms with E-state index in [1.807, 2.05) is 39.0 Å². The van der Waals surface area contributed by atoms with Gasteiger partial charge < -0.3 is 5.32 Å². The largest absolute Gasteiger partial charge is 0.319 e. The molecule has 4 heteroatoms. The molecule has 1 aromatic carbocycles. The van der Waals surface area contributed by atoms with Gasteiger partial charge >= 0.3 is 0 Å². The molecular formula is C15H15ClN2O. The van der Waals surface area contributed by atoms with Crippen molar-refractivity contribution in [1.29, 1.82) is 0 Å². The number of pyridine rings is 1. The van der Waals surface area contributed by atoms with Crippen LogP contribution in [0.2, 0.25) is 5.15 Å². The lowest BCUT2D eigenvalue weighted by atomic mass is 10.1. The van der Waals surface area contributed by atoms with Gasteiger partial charge in [0.25, 0.3) is 5.91 Å². The first-order valence-corrected chi connectivity index (χ1v) is 6.36. The van der Waals surface area contributed by atoms with Gasteiger partial charge in [-0.1, -0.05) is 29.3 Å². The number of aryl methyl sites for hydroxylation is 3. The Bertz CT molecular complexity index is 638. The minimum atomic E-state index is -0.171. The van der Waals surface area contributed by atoms with E-state index < -0.39 is 0 Å². The number of carbonyl (C=O) groups excluding carboxylic acids is 1. The van der Waals surface area contributed by atoms with Crippen molar-refractivity contribution in [3.63, 3.8) is 0 Å². The summed E-state index contributed by atoms with van der Waals surface area (Å²) in [6, 6.07) is 7.58. The van der Waals surface area contributed by atoms with Crippen LogP contribution in [-0.2, 0) is 0 Å². The third-order valence-corrected chi connectivity index (χ3v) is 3.16. The Kier molecular flexibility index (Phi) is 3.86. The summed E-state index contributed by atoms with van der Waals surface area (Å²) < 4.78 is 0. The van der Waals surface area contributed by atoms with E-state index in [1.54, 1.807) is 12.3 Å². The number of aromatic nitrogens is 1. The second-order valence-corrected chi connectivity index (χ2v) is 4.98. The van der Waals surface area contributed by atoms with Crippen LogP contribution in [0.3, 0.4) is 0 Å². The lowest BCUT2D eigenvalue weighted by Gasteiger charge is -2.10. The van der Waals surface area contributed by atoms with Gasteiger partial charge in [0, 0.05) is 11.8 Å². The highest BCUT2D eigenvalue weighted by molar-refractivity contribution is 6.32. The van der Waals surface area contributed by atoms with Crippen LogP contribution in [0, 0.1) is 20.8 Å². The van der Waals surface area contributed by atoms with Crippen LogP contribution in [0.4, 0.5) is 5.69 Å². The van der Waals surface area contributed by atoms with E-state index >= 15 is 0 Å². The molecule has 1 N–H and O–H groups in total. The molecule has 0 aliphatic heterocycles. The van der Waals surface area contributed by atoms with Crippen LogP contribution in [-0.4, -0.2) is 10.9 Å². The first-order chi connectivity index (χ1) is 8.97. The predicted octanol–water partition coefficient (Wildman–Crippen LogP) is 3.91. The Morgan fingerprint density at radius 2 is 1.89 bits per heavy atom. The fraction of sp³-hybridized carbons (Fsp3) is 0.200. The summed E-state index contributed by atoms with van der Waals surface area (Å²) in [6.45, 7) is 5.76. The van der Waals surface area contributed by atoms with E-state index in [1.165, 1.54) is 0 Å². The Balaban J connectivity index is 2.30. The molecular weight excluding hydrogens is 260 g/mol. The first-order valence-electron chi connectivity index (χ1n) is 5.98. The van der Waals surface area contributed by atoms with Crippen LogP contribution >= 0.6 is 11.6 Å². The molecule has 1 aromatic heterocycles. The zero-order chi connectivity index (χ0) is 14.0. The van der Waals surface area contributed by atoms with Gasteiger partial charge in [-0.3, -0.25) is 4.79 Å². The SMILES string of the molecule is Cc1cnc(Cl)c(NC(=O)c2cc(C)ccc2C)c1. The molecule has 19 heavy (non-hydrogen) atoms. The number of rotatable bonds is 2. The Morgan fingerprint density at radius 3 is 2.63 bits per heavy atom. The van der Waals surface area contributed by atoms with Gasteiger partial charge in [-0.05, 0) is 44.0 Å². The molecule has 98 valence electrons. The lowest BCUT2D eigenvalue weighted by molar-refractivity contribution is 0.102. The van der Waals surface area contributed by atoms with Crippen LogP contribution in [0.15, 0.2) is 30.5 Å². The number of halogens is 1. The van der Waals surface area contributed by atoms with Crippen LogP contribution in [0.25, 0.3) is 0 Å². The predicted molar refractivity (Wildman–Crippen MR) is 77.9 cm³/mol. The molecule has 2 aromatic rings. The van der Waals surface area contributed by atoms with E-state index in [9.17, 15) is 4.79 Å². The molecule has 3 nitrogen and oxygen atoms in total. The molecule has 0 radical (unpaired) electrons. The number of amides is 1. The molecule has 0 fully saturated rings. The highest BCUT2D eigenvalue weighted by Gasteiger charge is 2.11. The second kappa shape index (κ2) is 5.41. The van der Waals surface area contributed by atoms with E-state index in [-0.39, 0.29) is 5.91 Å². The molecule has 0 aliphatic carbocycles. The van der Waals surface area contributed by atoms with Gasteiger partial charge in [-0.2, -0.15) is 0 Å². The summed E-state index contributed by atoms with van der Waals surface area (Å²) in [5.74, 6) is -0.171. The fourth-order valence-corrected chi connectivity index (χ4v) is 1.96. The highest BCUT2D eigenvalue weighted by Crippen LogP contribution is 2.21. The van der Waals surface area contributed by atoms with Gasteiger partial charge in [0.15, 0.2) is 5.15 Å². The Hall–Kier alpha value is -1.87. The zero-order valence-electron chi connectivity index (χ0n) is 11.1. The summed E-state index contributed by atoms with van der Waals surface area (Å²) >= 11 is 5.97. The first kappa shape index (κ1) is 13.6. The zero-order valence-corrected chi connectivity index (χ0v) is 11.9. The molecule has 0 unspecified atom stereocenters. The van der Waals surface area contributed by atoms with E-state index in [4.69, 9.17) is 11.6 Å². The third kappa shape index (κ3) is 3.12. The topological polar surface area (TPSA) is 42.0 Å². The summed E-state index contributed by atoms with van der Waals surface area (Å²) in [4.78, 5) is 16.3. The Labute approximate surface area is 117 Å². The van der Waals surface area contributed by atoms with Crippen molar-refractivity contribution < 1.29 is 4.79 Å². The van der Waals surface area contributed by atoms with Crippen molar-refractivity contribution in [2.24, 2.45) is 0 Å². The molecule has 0 saturated heterocycles. The minimum absolute atomic E-state index is 0.171. The molecule has 1 amide bonds. The van der Waals surface area contributed by atoms with Crippen molar-refractivity contribution >= 4 is 23.2 Å². The summed E-state index contributed by atoms with van der Waals surface area (Å²) in [7, 11) is 0. The quantitative estimate of drug-likeness (QED) is 0.844. The highest BCUT2D eigenvalue weighted by atomic mass is 35.5. The molecule has 1 heterocycles. The van der Waals surface area contributed by atoms with Crippen LogP contribution in [0.5, 0.6) is 0 Å². The summed E-state index contributed by atoms with van der Waals surface area (Å²) in [5.41, 5.74) is 4.11. The van der Waals surface area contributed by atoms with E-state index in [0.29, 0.717) is 16.4 Å². The summed E-state index contributed by atoms with van der Waals surface area (Å²) in [6.07, 6.45) is 1.66. The van der Waals surface area contributed by atoms with Crippen molar-refractivity contribution in [2.45, 2.75) is 20.8 Å². The number of carbonyl (C=O) groups is 1. The maximum atomic E-state index is 12.3. The van der Waals surface area contributed by atoms with E-state index in [2.05, 4.69) is 10.3 Å². The van der Waals surface area contributed by atoms with Gasteiger partial charge in [0.05, 0.1) is 5.69 Å². The van der Waals surface area contributed by atoms with Crippen LogP contribution < -0.4 is 5.32 Å². The van der Waals surface area contributed by atoms with Gasteiger partial charge in [0.1, 0.15) is 0 Å². The van der Waals surface area contributed by atoms with E-state index in [0.717, 1.165) is 16.7 Å². The molecule has 0 saturated carbocycles. The lowest BCUT2D eigenvalue weighted by Crippen LogP contribution is -2.14. The summed E-state index contributed by atoms with van der Waals surface area (Å²) in [5, 5.41) is 3.10. The minimum Gasteiger partial charge on any atom is -0.319 e. The molecule has 0 atom stereocenters. The second-order valence-electron chi connectivity index (χ2n) is 4.62. The third-order valence-electron chi connectivity index (χ3n) is 2.86. The molecule has 0 aliphatic rings. The van der Waals surface area contributed by atoms with Gasteiger partial charge in [-0.15, -0.1) is 0 Å². The standard InChI is InChI=1S/C15H15ClN2O/c1-9-4-5-11(3)12(6-9)15(19)18-13-7-10(2)8-17-14(13)16/h4-8H,1-3H3,(H,18,19). The van der Waals surface area contributed by atoms with Crippen molar-refractivity contribution in [3.05, 3.63) is 57.9 Å². The maximum Gasteiger partial charge on any atom is 0.256 e. The molecule has 2 rings (SSSR count). The smallest absolute Gasteiger partial charge is 0.256 e. The number of benzene rings is 1. The average molecular weight is 275 g/mol.